The normalized spacial score (nSPS) is 20.4. The minimum Gasteiger partial charge on any atom is -0.394 e. The zero-order valence-electron chi connectivity index (χ0n) is 7.24. The first kappa shape index (κ1) is 12.5. The minimum atomic E-state index is -1.56. The van der Waals surface area contributed by atoms with Crippen LogP contribution in [-0.4, -0.2) is 56.6 Å². The summed E-state index contributed by atoms with van der Waals surface area (Å²) < 4.78 is 0. The highest BCUT2D eigenvalue weighted by Crippen LogP contribution is 2.07. The molecule has 0 spiro atoms. The van der Waals surface area contributed by atoms with Crippen LogP contribution in [-0.2, 0) is 0 Å². The van der Waals surface area contributed by atoms with Crippen LogP contribution in [0.1, 0.15) is 6.42 Å². The van der Waals surface area contributed by atoms with Crippen molar-refractivity contribution in [3.63, 3.8) is 0 Å². The van der Waals surface area contributed by atoms with E-state index in [1.54, 1.807) is 0 Å². The van der Waals surface area contributed by atoms with Gasteiger partial charge in [-0.05, 0) is 6.42 Å². The molecule has 0 fully saturated rings. The molecule has 0 rings (SSSR count). The third kappa shape index (κ3) is 3.84. The molecular formula is C8H16O5. The largest absolute Gasteiger partial charge is 0.394 e. The minimum absolute atomic E-state index is 0.108. The van der Waals surface area contributed by atoms with Gasteiger partial charge in [-0.15, -0.1) is 6.58 Å². The second-order valence-corrected chi connectivity index (χ2v) is 2.82. The molecule has 5 nitrogen and oxygen atoms in total. The van der Waals surface area contributed by atoms with Crippen LogP contribution in [0.4, 0.5) is 0 Å². The Bertz CT molecular complexity index is 149. The van der Waals surface area contributed by atoms with Crippen molar-refractivity contribution in [2.45, 2.75) is 30.8 Å². The topological polar surface area (TPSA) is 101 Å². The predicted octanol–water partition coefficient (Wildman–Crippen LogP) is -2.00. The van der Waals surface area contributed by atoms with Crippen LogP contribution in [0.5, 0.6) is 0 Å². The Morgan fingerprint density at radius 3 is 1.85 bits per heavy atom. The van der Waals surface area contributed by atoms with Crippen molar-refractivity contribution >= 4 is 0 Å². The summed E-state index contributed by atoms with van der Waals surface area (Å²) in [7, 11) is 0. The monoisotopic (exact) mass is 192 g/mol. The van der Waals surface area contributed by atoms with Gasteiger partial charge < -0.3 is 25.5 Å². The summed E-state index contributed by atoms with van der Waals surface area (Å²) in [6.07, 6.45) is -4.19. The van der Waals surface area contributed by atoms with Crippen LogP contribution in [0.25, 0.3) is 0 Å². The van der Waals surface area contributed by atoms with E-state index in [1.807, 2.05) is 0 Å². The van der Waals surface area contributed by atoms with Crippen molar-refractivity contribution in [1.29, 1.82) is 0 Å². The van der Waals surface area contributed by atoms with Crippen LogP contribution in [0.2, 0.25) is 0 Å². The van der Waals surface area contributed by atoms with E-state index < -0.39 is 31.0 Å². The molecule has 0 aromatic rings. The molecule has 0 aromatic heterocycles. The molecule has 0 aliphatic carbocycles. The summed E-state index contributed by atoms with van der Waals surface area (Å²) in [5.74, 6) is 0. The van der Waals surface area contributed by atoms with Gasteiger partial charge in [0.1, 0.15) is 18.3 Å². The molecule has 0 saturated heterocycles. The lowest BCUT2D eigenvalue weighted by atomic mass is 10.0. The molecule has 0 aromatic carbocycles. The third-order valence-corrected chi connectivity index (χ3v) is 1.73. The lowest BCUT2D eigenvalue weighted by Crippen LogP contribution is -2.45. The summed E-state index contributed by atoms with van der Waals surface area (Å²) in [6.45, 7) is 2.68. The molecule has 0 saturated carbocycles. The maximum Gasteiger partial charge on any atom is 0.110 e. The van der Waals surface area contributed by atoms with E-state index >= 15 is 0 Å². The summed E-state index contributed by atoms with van der Waals surface area (Å²) >= 11 is 0. The third-order valence-electron chi connectivity index (χ3n) is 1.73. The zero-order chi connectivity index (χ0) is 10.4. The number of aliphatic hydroxyl groups excluding tert-OH is 5. The molecule has 0 radical (unpaired) electrons. The average Bonchev–Trinajstić information content (AvgIpc) is 2.14. The first-order chi connectivity index (χ1) is 6.04. The number of hydrogen-bond donors (Lipinski definition) is 5. The lowest BCUT2D eigenvalue weighted by Gasteiger charge is -2.24. The number of rotatable bonds is 6. The zero-order valence-corrected chi connectivity index (χ0v) is 7.24. The fraction of sp³-hybridized carbons (Fsp3) is 0.750. The Morgan fingerprint density at radius 1 is 1.00 bits per heavy atom. The summed E-state index contributed by atoms with van der Waals surface area (Å²) in [6, 6.07) is 0. The smallest absolute Gasteiger partial charge is 0.110 e. The summed E-state index contributed by atoms with van der Waals surface area (Å²) in [5.41, 5.74) is 0. The van der Waals surface area contributed by atoms with Gasteiger partial charge in [0.15, 0.2) is 0 Å². The molecule has 13 heavy (non-hydrogen) atoms. The maximum atomic E-state index is 9.20. The first-order valence-corrected chi connectivity index (χ1v) is 3.98. The Morgan fingerprint density at radius 2 is 1.46 bits per heavy atom. The Hall–Kier alpha value is -0.460. The van der Waals surface area contributed by atoms with Gasteiger partial charge in [-0.25, -0.2) is 0 Å². The van der Waals surface area contributed by atoms with Gasteiger partial charge in [-0.3, -0.25) is 0 Å². The van der Waals surface area contributed by atoms with Gasteiger partial charge >= 0.3 is 0 Å². The van der Waals surface area contributed by atoms with E-state index in [9.17, 15) is 5.11 Å². The molecule has 4 atom stereocenters. The van der Waals surface area contributed by atoms with E-state index in [1.165, 1.54) is 6.08 Å². The molecular weight excluding hydrogens is 176 g/mol. The Labute approximate surface area is 76.6 Å². The first-order valence-electron chi connectivity index (χ1n) is 3.98. The standard InChI is InChI=1S/C8H16O5/c1-2-3-5(10)7(12)8(13)6(11)4-9/h2,5-13H,1,3-4H2. The van der Waals surface area contributed by atoms with E-state index in [0.29, 0.717) is 0 Å². The maximum absolute atomic E-state index is 9.20. The summed E-state index contributed by atoms with van der Waals surface area (Å²) in [5, 5.41) is 44.8. The Kier molecular flexibility index (Phi) is 5.85. The predicted molar refractivity (Wildman–Crippen MR) is 45.9 cm³/mol. The van der Waals surface area contributed by atoms with Gasteiger partial charge in [-0.2, -0.15) is 0 Å². The molecule has 0 bridgehead atoms. The highest BCUT2D eigenvalue weighted by molar-refractivity contribution is 4.84. The fourth-order valence-corrected chi connectivity index (χ4v) is 0.873. The lowest BCUT2D eigenvalue weighted by molar-refractivity contribution is -0.113. The fourth-order valence-electron chi connectivity index (χ4n) is 0.873. The average molecular weight is 192 g/mol. The quantitative estimate of drug-likeness (QED) is 0.313. The van der Waals surface area contributed by atoms with Crippen molar-refractivity contribution in [2.75, 3.05) is 6.61 Å². The van der Waals surface area contributed by atoms with Crippen LogP contribution in [0.15, 0.2) is 12.7 Å². The van der Waals surface area contributed by atoms with Crippen molar-refractivity contribution in [2.24, 2.45) is 0 Å². The molecule has 4 unspecified atom stereocenters. The molecule has 0 amide bonds. The summed E-state index contributed by atoms with van der Waals surface area (Å²) in [4.78, 5) is 0. The van der Waals surface area contributed by atoms with Crippen LogP contribution >= 0.6 is 0 Å². The van der Waals surface area contributed by atoms with Gasteiger partial charge in [0.05, 0.1) is 12.7 Å². The highest BCUT2D eigenvalue weighted by Gasteiger charge is 2.28. The van der Waals surface area contributed by atoms with Crippen LogP contribution < -0.4 is 0 Å². The number of aliphatic hydroxyl groups is 5. The van der Waals surface area contributed by atoms with Crippen molar-refractivity contribution in [3.05, 3.63) is 12.7 Å². The SMILES string of the molecule is C=CCC(O)C(O)C(O)C(O)CO. The van der Waals surface area contributed by atoms with E-state index in [4.69, 9.17) is 20.4 Å². The van der Waals surface area contributed by atoms with Gasteiger partial charge in [0.25, 0.3) is 0 Å². The molecule has 0 heterocycles. The number of hydrogen-bond acceptors (Lipinski definition) is 5. The van der Waals surface area contributed by atoms with Crippen molar-refractivity contribution < 1.29 is 25.5 Å². The van der Waals surface area contributed by atoms with E-state index in [2.05, 4.69) is 6.58 Å². The van der Waals surface area contributed by atoms with Crippen molar-refractivity contribution in [3.8, 4) is 0 Å². The van der Waals surface area contributed by atoms with Crippen LogP contribution in [0.3, 0.4) is 0 Å². The van der Waals surface area contributed by atoms with E-state index in [-0.39, 0.29) is 6.42 Å². The Balaban J connectivity index is 4.06. The van der Waals surface area contributed by atoms with Gasteiger partial charge in [0, 0.05) is 0 Å². The van der Waals surface area contributed by atoms with Crippen LogP contribution in [0, 0.1) is 0 Å². The van der Waals surface area contributed by atoms with Gasteiger partial charge in [-0.1, -0.05) is 6.08 Å². The molecule has 5 N–H and O–H groups in total. The molecule has 0 aliphatic heterocycles. The second-order valence-electron chi connectivity index (χ2n) is 2.82. The van der Waals surface area contributed by atoms with Crippen molar-refractivity contribution in [1.82, 2.24) is 0 Å². The second kappa shape index (κ2) is 6.06. The molecule has 5 heteroatoms. The van der Waals surface area contributed by atoms with Gasteiger partial charge in [0.2, 0.25) is 0 Å². The highest BCUT2D eigenvalue weighted by atomic mass is 16.4. The van der Waals surface area contributed by atoms with E-state index in [0.717, 1.165) is 0 Å². The molecule has 0 aliphatic rings. The molecule has 78 valence electrons.